The maximum Gasteiger partial charge on any atom is 0.225 e. The third-order valence-electron chi connectivity index (χ3n) is 6.38. The molecule has 2 aliphatic rings. The van der Waals surface area contributed by atoms with Crippen LogP contribution in [0.3, 0.4) is 0 Å². The van der Waals surface area contributed by atoms with Crippen molar-refractivity contribution in [2.24, 2.45) is 11.3 Å². The van der Waals surface area contributed by atoms with Gasteiger partial charge < -0.3 is 19.3 Å². The lowest BCUT2D eigenvalue weighted by Gasteiger charge is -2.29. The Bertz CT molecular complexity index is 700. The third-order valence-corrected chi connectivity index (χ3v) is 6.38. The van der Waals surface area contributed by atoms with E-state index in [0.29, 0.717) is 26.3 Å². The molecule has 0 aromatic heterocycles. The molecule has 2 rings (SSSR count). The highest BCUT2D eigenvalue weighted by molar-refractivity contribution is 5.93. The standard InChI is InChI=1S/C25H42N2O6/c1-18(2)23(30)19-8-6-12-26(19)21(28)10-14-32-16-17-33-15-11-22(29)27-13-7-9-20(27)24(31)25(3,4)5/h18-20H,6-17H2,1-5H3/t19-,20-/m0/s1. The molecule has 0 spiro atoms. The average molecular weight is 467 g/mol. The normalized spacial score (nSPS) is 21.2. The summed E-state index contributed by atoms with van der Waals surface area (Å²) >= 11 is 0. The lowest BCUT2D eigenvalue weighted by atomic mass is 9.85. The molecule has 0 aliphatic carbocycles. The van der Waals surface area contributed by atoms with Gasteiger partial charge in [-0.2, -0.15) is 0 Å². The van der Waals surface area contributed by atoms with Crippen LogP contribution in [0.5, 0.6) is 0 Å². The summed E-state index contributed by atoms with van der Waals surface area (Å²) < 4.78 is 11.0. The van der Waals surface area contributed by atoms with E-state index in [9.17, 15) is 19.2 Å². The number of rotatable bonds is 12. The molecule has 2 aliphatic heterocycles. The molecule has 2 amide bonds. The molecule has 2 fully saturated rings. The Morgan fingerprint density at radius 2 is 1.24 bits per heavy atom. The second-order valence-corrected chi connectivity index (χ2v) is 10.4. The number of ketones is 2. The monoisotopic (exact) mass is 466 g/mol. The van der Waals surface area contributed by atoms with Gasteiger partial charge in [-0.3, -0.25) is 19.2 Å². The minimum atomic E-state index is -0.456. The van der Waals surface area contributed by atoms with Crippen LogP contribution in [0.1, 0.15) is 73.1 Å². The second kappa shape index (κ2) is 12.6. The Balaban J connectivity index is 1.58. The van der Waals surface area contributed by atoms with Crippen LogP contribution in [0.15, 0.2) is 0 Å². The zero-order valence-corrected chi connectivity index (χ0v) is 21.1. The average Bonchev–Trinajstić information content (AvgIpc) is 3.43. The second-order valence-electron chi connectivity index (χ2n) is 10.4. The van der Waals surface area contributed by atoms with Gasteiger partial charge in [0, 0.05) is 24.4 Å². The number of amides is 2. The topological polar surface area (TPSA) is 93.2 Å². The first-order valence-corrected chi connectivity index (χ1v) is 12.4. The number of hydrogen-bond donors (Lipinski definition) is 0. The molecule has 0 aromatic rings. The van der Waals surface area contributed by atoms with Gasteiger partial charge in [0.2, 0.25) is 11.8 Å². The molecule has 0 aromatic carbocycles. The number of nitrogens with zero attached hydrogens (tertiary/aromatic N) is 2. The molecule has 0 unspecified atom stereocenters. The minimum Gasteiger partial charge on any atom is -0.379 e. The summed E-state index contributed by atoms with van der Waals surface area (Å²) in [6.45, 7) is 11.9. The first kappa shape index (κ1) is 27.4. The van der Waals surface area contributed by atoms with Gasteiger partial charge in [0.15, 0.2) is 11.6 Å². The number of hydrogen-bond acceptors (Lipinski definition) is 6. The van der Waals surface area contributed by atoms with E-state index < -0.39 is 5.41 Å². The van der Waals surface area contributed by atoms with Crippen molar-refractivity contribution in [2.45, 2.75) is 85.2 Å². The van der Waals surface area contributed by atoms with Crippen LogP contribution in [0.2, 0.25) is 0 Å². The van der Waals surface area contributed by atoms with Gasteiger partial charge in [-0.15, -0.1) is 0 Å². The highest BCUT2D eigenvalue weighted by atomic mass is 16.5. The van der Waals surface area contributed by atoms with Crippen LogP contribution in [0.25, 0.3) is 0 Å². The number of ether oxygens (including phenoxy) is 2. The summed E-state index contributed by atoms with van der Waals surface area (Å²) in [6.07, 6.45) is 3.70. The van der Waals surface area contributed by atoms with Crippen LogP contribution >= 0.6 is 0 Å². The molecule has 0 radical (unpaired) electrons. The van der Waals surface area contributed by atoms with E-state index >= 15 is 0 Å². The van der Waals surface area contributed by atoms with Crippen molar-refractivity contribution in [2.75, 3.05) is 39.5 Å². The third kappa shape index (κ3) is 7.88. The SMILES string of the molecule is CC(C)C(=O)[C@@H]1CCCN1C(=O)CCOCCOCCC(=O)N1CCC[C@H]1C(=O)C(C)(C)C. The van der Waals surface area contributed by atoms with Crippen molar-refractivity contribution in [3.63, 3.8) is 0 Å². The molecule has 8 nitrogen and oxygen atoms in total. The number of Topliss-reactive ketones (excluding diaryl/α,β-unsaturated/α-hetero) is 2. The number of carbonyl (C=O) groups excluding carboxylic acids is 4. The van der Waals surface area contributed by atoms with Gasteiger partial charge in [-0.05, 0) is 25.7 Å². The highest BCUT2D eigenvalue weighted by Gasteiger charge is 2.38. The summed E-state index contributed by atoms with van der Waals surface area (Å²) in [5.41, 5.74) is -0.456. The smallest absolute Gasteiger partial charge is 0.225 e. The predicted molar refractivity (Wildman–Crippen MR) is 125 cm³/mol. The summed E-state index contributed by atoms with van der Waals surface area (Å²) in [4.78, 5) is 53.3. The fourth-order valence-corrected chi connectivity index (χ4v) is 4.51. The van der Waals surface area contributed by atoms with Gasteiger partial charge in [0.25, 0.3) is 0 Å². The molecule has 2 heterocycles. The van der Waals surface area contributed by atoms with E-state index in [1.807, 2.05) is 34.6 Å². The Morgan fingerprint density at radius 1 is 0.788 bits per heavy atom. The number of carbonyl (C=O) groups is 4. The van der Waals surface area contributed by atoms with Crippen LogP contribution in [-0.2, 0) is 28.7 Å². The maximum atomic E-state index is 12.6. The van der Waals surface area contributed by atoms with E-state index in [4.69, 9.17) is 9.47 Å². The maximum absolute atomic E-state index is 12.6. The fourth-order valence-electron chi connectivity index (χ4n) is 4.51. The zero-order chi connectivity index (χ0) is 24.6. The van der Waals surface area contributed by atoms with Crippen LogP contribution in [-0.4, -0.2) is 84.8 Å². The Labute approximate surface area is 198 Å². The number of likely N-dealkylation sites (tertiary alicyclic amines) is 2. The van der Waals surface area contributed by atoms with Gasteiger partial charge >= 0.3 is 0 Å². The van der Waals surface area contributed by atoms with Gasteiger partial charge in [0.05, 0.1) is 51.4 Å². The molecular weight excluding hydrogens is 424 g/mol. The van der Waals surface area contributed by atoms with Crippen molar-refractivity contribution in [3.8, 4) is 0 Å². The van der Waals surface area contributed by atoms with E-state index in [-0.39, 0.29) is 67.4 Å². The summed E-state index contributed by atoms with van der Waals surface area (Å²) in [5.74, 6) is 0.0958. The van der Waals surface area contributed by atoms with Crippen LogP contribution in [0.4, 0.5) is 0 Å². The quantitative estimate of drug-likeness (QED) is 0.411. The first-order chi connectivity index (χ1) is 15.5. The summed E-state index contributed by atoms with van der Waals surface area (Å²) in [5, 5.41) is 0. The molecule has 8 heteroatoms. The highest BCUT2D eigenvalue weighted by Crippen LogP contribution is 2.27. The Kier molecular flexibility index (Phi) is 10.5. The zero-order valence-electron chi connectivity index (χ0n) is 21.1. The summed E-state index contributed by atoms with van der Waals surface area (Å²) in [7, 11) is 0. The van der Waals surface area contributed by atoms with E-state index in [2.05, 4.69) is 0 Å². The Hall–Kier alpha value is -1.80. The van der Waals surface area contributed by atoms with Gasteiger partial charge in [-0.25, -0.2) is 0 Å². The van der Waals surface area contributed by atoms with E-state index in [0.717, 1.165) is 25.7 Å². The molecule has 33 heavy (non-hydrogen) atoms. The summed E-state index contributed by atoms with van der Waals surface area (Å²) in [6, 6.07) is -0.600. The van der Waals surface area contributed by atoms with Crippen molar-refractivity contribution < 1.29 is 28.7 Å². The minimum absolute atomic E-state index is 0.0389. The molecule has 188 valence electrons. The fraction of sp³-hybridized carbons (Fsp3) is 0.840. The van der Waals surface area contributed by atoms with Crippen molar-refractivity contribution in [1.82, 2.24) is 9.80 Å². The predicted octanol–water partition coefficient (Wildman–Crippen LogP) is 2.62. The molecule has 2 atom stereocenters. The molecule has 0 bridgehead atoms. The molecule has 0 saturated carbocycles. The van der Waals surface area contributed by atoms with Crippen LogP contribution < -0.4 is 0 Å². The van der Waals surface area contributed by atoms with Crippen molar-refractivity contribution in [3.05, 3.63) is 0 Å². The van der Waals surface area contributed by atoms with Crippen molar-refractivity contribution >= 4 is 23.4 Å². The molecule has 2 saturated heterocycles. The van der Waals surface area contributed by atoms with Crippen molar-refractivity contribution in [1.29, 1.82) is 0 Å². The van der Waals surface area contributed by atoms with Crippen LogP contribution in [0, 0.1) is 11.3 Å². The first-order valence-electron chi connectivity index (χ1n) is 12.4. The largest absolute Gasteiger partial charge is 0.379 e. The lowest BCUT2D eigenvalue weighted by Crippen LogP contribution is -2.45. The molecule has 0 N–H and O–H groups in total. The van der Waals surface area contributed by atoms with E-state index in [1.54, 1.807) is 9.80 Å². The van der Waals surface area contributed by atoms with E-state index in [1.165, 1.54) is 0 Å². The molecular formula is C25H42N2O6. The van der Waals surface area contributed by atoms with Gasteiger partial charge in [-0.1, -0.05) is 34.6 Å². The lowest BCUT2D eigenvalue weighted by molar-refractivity contribution is -0.141. The Morgan fingerprint density at radius 3 is 1.70 bits per heavy atom. The van der Waals surface area contributed by atoms with Gasteiger partial charge in [0.1, 0.15) is 0 Å².